The standard InChI is InChI=1S/C14H29N3O/c1-4-16(5-2)14(18)9-12-17(6-3)13-7-10-15-11-8-13/h13,15H,4-12H2,1-3H3. The number of nitrogens with one attached hydrogen (secondary N) is 1. The van der Waals surface area contributed by atoms with Gasteiger partial charge in [-0.1, -0.05) is 6.92 Å². The van der Waals surface area contributed by atoms with Crippen LogP contribution in [0.2, 0.25) is 0 Å². The van der Waals surface area contributed by atoms with Crippen molar-refractivity contribution in [3.63, 3.8) is 0 Å². The highest BCUT2D eigenvalue weighted by molar-refractivity contribution is 5.76. The fourth-order valence-electron chi connectivity index (χ4n) is 2.74. The zero-order chi connectivity index (χ0) is 13.4. The van der Waals surface area contributed by atoms with Crippen LogP contribution in [-0.4, -0.2) is 61.0 Å². The maximum atomic E-state index is 12.0. The second-order valence-corrected chi connectivity index (χ2v) is 4.93. The molecule has 0 bridgehead atoms. The first-order valence-corrected chi connectivity index (χ1v) is 7.45. The molecule has 0 unspecified atom stereocenters. The van der Waals surface area contributed by atoms with E-state index in [4.69, 9.17) is 0 Å². The lowest BCUT2D eigenvalue weighted by molar-refractivity contribution is -0.131. The summed E-state index contributed by atoms with van der Waals surface area (Å²) in [5, 5.41) is 3.39. The molecule has 0 saturated carbocycles. The molecule has 0 aromatic carbocycles. The Morgan fingerprint density at radius 2 is 1.72 bits per heavy atom. The Labute approximate surface area is 112 Å². The molecule has 1 heterocycles. The van der Waals surface area contributed by atoms with Gasteiger partial charge in [-0.15, -0.1) is 0 Å². The van der Waals surface area contributed by atoms with Crippen molar-refractivity contribution in [2.45, 2.75) is 46.1 Å². The smallest absolute Gasteiger partial charge is 0.223 e. The first-order chi connectivity index (χ1) is 8.72. The van der Waals surface area contributed by atoms with Crippen LogP contribution in [0, 0.1) is 0 Å². The van der Waals surface area contributed by atoms with E-state index in [0.29, 0.717) is 18.4 Å². The van der Waals surface area contributed by atoms with Gasteiger partial charge >= 0.3 is 0 Å². The van der Waals surface area contributed by atoms with Crippen LogP contribution in [0.4, 0.5) is 0 Å². The SMILES string of the molecule is CCN(CC)C(=O)CCN(CC)C1CCNCC1. The highest BCUT2D eigenvalue weighted by atomic mass is 16.2. The molecule has 1 amide bonds. The van der Waals surface area contributed by atoms with Crippen LogP contribution in [0.3, 0.4) is 0 Å². The Bertz CT molecular complexity index is 235. The number of nitrogens with zero attached hydrogens (tertiary/aromatic N) is 2. The topological polar surface area (TPSA) is 35.6 Å². The Kier molecular flexibility index (Phi) is 7.28. The molecule has 4 nitrogen and oxygen atoms in total. The van der Waals surface area contributed by atoms with E-state index in [2.05, 4.69) is 17.1 Å². The van der Waals surface area contributed by atoms with Crippen molar-refractivity contribution >= 4 is 5.91 Å². The van der Waals surface area contributed by atoms with Gasteiger partial charge in [0.05, 0.1) is 0 Å². The number of carbonyl (C=O) groups excluding carboxylic acids is 1. The van der Waals surface area contributed by atoms with E-state index in [1.807, 2.05) is 18.7 Å². The second-order valence-electron chi connectivity index (χ2n) is 4.93. The van der Waals surface area contributed by atoms with Gasteiger partial charge in [0.2, 0.25) is 5.91 Å². The average Bonchev–Trinajstić information content (AvgIpc) is 2.42. The molecule has 1 aliphatic heterocycles. The van der Waals surface area contributed by atoms with Crippen molar-refractivity contribution in [3.05, 3.63) is 0 Å². The van der Waals surface area contributed by atoms with E-state index in [1.54, 1.807) is 0 Å². The van der Waals surface area contributed by atoms with Gasteiger partial charge in [-0.2, -0.15) is 0 Å². The van der Waals surface area contributed by atoms with Crippen molar-refractivity contribution in [1.29, 1.82) is 0 Å². The van der Waals surface area contributed by atoms with Crippen LogP contribution < -0.4 is 5.32 Å². The van der Waals surface area contributed by atoms with Crippen molar-refractivity contribution in [2.24, 2.45) is 0 Å². The molecule has 18 heavy (non-hydrogen) atoms. The van der Waals surface area contributed by atoms with Crippen LogP contribution in [0.15, 0.2) is 0 Å². The molecule has 106 valence electrons. The van der Waals surface area contributed by atoms with E-state index in [0.717, 1.165) is 39.3 Å². The van der Waals surface area contributed by atoms with Crippen LogP contribution in [0.5, 0.6) is 0 Å². The number of hydrogen-bond donors (Lipinski definition) is 1. The fraction of sp³-hybridized carbons (Fsp3) is 0.929. The van der Waals surface area contributed by atoms with Crippen molar-refractivity contribution < 1.29 is 4.79 Å². The molecule has 1 fully saturated rings. The predicted molar refractivity (Wildman–Crippen MR) is 75.7 cm³/mol. The number of carbonyl (C=O) groups is 1. The van der Waals surface area contributed by atoms with Gasteiger partial charge in [-0.3, -0.25) is 4.79 Å². The first-order valence-electron chi connectivity index (χ1n) is 7.45. The highest BCUT2D eigenvalue weighted by Gasteiger charge is 2.20. The van der Waals surface area contributed by atoms with Crippen LogP contribution >= 0.6 is 0 Å². The summed E-state index contributed by atoms with van der Waals surface area (Å²) in [5.74, 6) is 0.299. The van der Waals surface area contributed by atoms with Gasteiger partial charge < -0.3 is 15.1 Å². The maximum Gasteiger partial charge on any atom is 0.223 e. The number of amides is 1. The Morgan fingerprint density at radius 3 is 2.22 bits per heavy atom. The summed E-state index contributed by atoms with van der Waals surface area (Å²) in [6.07, 6.45) is 3.10. The molecule has 4 heteroatoms. The summed E-state index contributed by atoms with van der Waals surface area (Å²) in [4.78, 5) is 16.4. The van der Waals surface area contributed by atoms with Gasteiger partial charge in [0.1, 0.15) is 0 Å². The largest absolute Gasteiger partial charge is 0.343 e. The molecule has 1 rings (SSSR count). The molecule has 0 spiro atoms. The van der Waals surface area contributed by atoms with E-state index in [1.165, 1.54) is 12.8 Å². The molecule has 0 atom stereocenters. The molecule has 1 saturated heterocycles. The molecule has 0 aliphatic carbocycles. The minimum absolute atomic E-state index is 0.299. The number of hydrogen-bond acceptors (Lipinski definition) is 3. The summed E-state index contributed by atoms with van der Waals surface area (Å²) in [6.45, 7) is 12.1. The van der Waals surface area contributed by atoms with Crippen molar-refractivity contribution in [1.82, 2.24) is 15.1 Å². The fourth-order valence-corrected chi connectivity index (χ4v) is 2.74. The maximum absolute atomic E-state index is 12.0. The van der Waals surface area contributed by atoms with E-state index < -0.39 is 0 Å². The predicted octanol–water partition coefficient (Wildman–Crippen LogP) is 1.32. The van der Waals surface area contributed by atoms with E-state index in [-0.39, 0.29) is 0 Å². The van der Waals surface area contributed by atoms with Gasteiger partial charge in [0.15, 0.2) is 0 Å². The van der Waals surface area contributed by atoms with Crippen LogP contribution in [0.25, 0.3) is 0 Å². The number of piperidine rings is 1. The molecule has 0 radical (unpaired) electrons. The highest BCUT2D eigenvalue weighted by Crippen LogP contribution is 2.12. The third kappa shape index (κ3) is 4.58. The van der Waals surface area contributed by atoms with Crippen molar-refractivity contribution in [3.8, 4) is 0 Å². The van der Waals surface area contributed by atoms with Gasteiger partial charge in [0.25, 0.3) is 0 Å². The monoisotopic (exact) mass is 255 g/mol. The zero-order valence-electron chi connectivity index (χ0n) is 12.2. The molecule has 1 aliphatic rings. The van der Waals surface area contributed by atoms with Gasteiger partial charge in [-0.05, 0) is 46.3 Å². The molecule has 1 N–H and O–H groups in total. The van der Waals surface area contributed by atoms with E-state index in [9.17, 15) is 4.79 Å². The summed E-state index contributed by atoms with van der Waals surface area (Å²) < 4.78 is 0. The number of rotatable bonds is 7. The molecular weight excluding hydrogens is 226 g/mol. The third-order valence-electron chi connectivity index (χ3n) is 3.96. The Hall–Kier alpha value is -0.610. The first kappa shape index (κ1) is 15.4. The van der Waals surface area contributed by atoms with Crippen molar-refractivity contribution in [2.75, 3.05) is 39.3 Å². The lowest BCUT2D eigenvalue weighted by Crippen LogP contribution is -2.44. The van der Waals surface area contributed by atoms with Crippen LogP contribution in [-0.2, 0) is 4.79 Å². The summed E-state index contributed by atoms with van der Waals surface area (Å²) in [6, 6.07) is 0.667. The lowest BCUT2D eigenvalue weighted by Gasteiger charge is -2.34. The summed E-state index contributed by atoms with van der Waals surface area (Å²) in [7, 11) is 0. The molecule has 0 aromatic heterocycles. The van der Waals surface area contributed by atoms with Crippen LogP contribution in [0.1, 0.15) is 40.0 Å². The zero-order valence-corrected chi connectivity index (χ0v) is 12.2. The average molecular weight is 255 g/mol. The molecular formula is C14H29N3O. The van der Waals surface area contributed by atoms with Gasteiger partial charge in [-0.25, -0.2) is 0 Å². The summed E-state index contributed by atoms with van der Waals surface area (Å²) in [5.41, 5.74) is 0. The Morgan fingerprint density at radius 1 is 1.11 bits per heavy atom. The molecule has 0 aromatic rings. The third-order valence-corrected chi connectivity index (χ3v) is 3.96. The Balaban J connectivity index is 2.36. The minimum Gasteiger partial charge on any atom is -0.343 e. The van der Waals surface area contributed by atoms with Gasteiger partial charge in [0, 0.05) is 32.1 Å². The quantitative estimate of drug-likeness (QED) is 0.745. The lowest BCUT2D eigenvalue weighted by atomic mass is 10.0. The summed E-state index contributed by atoms with van der Waals surface area (Å²) >= 11 is 0. The second kappa shape index (κ2) is 8.48. The van der Waals surface area contributed by atoms with E-state index >= 15 is 0 Å². The minimum atomic E-state index is 0.299. The normalized spacial score (nSPS) is 17.1.